The summed E-state index contributed by atoms with van der Waals surface area (Å²) in [5, 5.41) is 10.5. The van der Waals surface area contributed by atoms with Crippen LogP contribution in [0.3, 0.4) is 0 Å². The van der Waals surface area contributed by atoms with Crippen molar-refractivity contribution in [1.29, 1.82) is 0 Å². The van der Waals surface area contributed by atoms with Gasteiger partial charge in [0, 0.05) is 12.6 Å². The summed E-state index contributed by atoms with van der Waals surface area (Å²) >= 11 is 1.64. The van der Waals surface area contributed by atoms with E-state index in [1.807, 2.05) is 16.8 Å². The monoisotopic (exact) mass is 252 g/mol. The van der Waals surface area contributed by atoms with Gasteiger partial charge in [-0.05, 0) is 41.8 Å². The van der Waals surface area contributed by atoms with Crippen LogP contribution >= 0.6 is 11.3 Å². The predicted molar refractivity (Wildman–Crippen MR) is 71.3 cm³/mol. The van der Waals surface area contributed by atoms with Crippen LogP contribution in [0.4, 0.5) is 0 Å². The Morgan fingerprint density at radius 1 is 1.47 bits per heavy atom. The quantitative estimate of drug-likeness (QED) is 0.860. The zero-order valence-electron chi connectivity index (χ0n) is 10.1. The number of carbonyl (C=O) groups excluding carboxylic acids is 1. The van der Waals surface area contributed by atoms with E-state index in [4.69, 9.17) is 0 Å². The van der Waals surface area contributed by atoms with Gasteiger partial charge in [0.05, 0.1) is 6.42 Å². The van der Waals surface area contributed by atoms with E-state index in [1.54, 1.807) is 11.3 Å². The van der Waals surface area contributed by atoms with E-state index in [1.165, 1.54) is 25.7 Å². The van der Waals surface area contributed by atoms with Gasteiger partial charge in [-0.3, -0.25) is 4.79 Å². The summed E-state index contributed by atoms with van der Waals surface area (Å²) in [6.45, 7) is 1.86. The number of rotatable bonds is 4. The lowest BCUT2D eigenvalue weighted by Gasteiger charge is -2.16. The molecule has 0 bridgehead atoms. The Kier molecular flexibility index (Phi) is 5.01. The molecule has 17 heavy (non-hydrogen) atoms. The first kappa shape index (κ1) is 12.6. The Balaban J connectivity index is 1.68. The summed E-state index contributed by atoms with van der Waals surface area (Å²) in [5.74, 6) is 0.134. The molecule has 94 valence electrons. The number of hydrogen-bond donors (Lipinski definition) is 2. The van der Waals surface area contributed by atoms with Crippen LogP contribution in [0.25, 0.3) is 0 Å². The lowest BCUT2D eigenvalue weighted by molar-refractivity contribution is -0.120. The van der Waals surface area contributed by atoms with Gasteiger partial charge in [0.1, 0.15) is 0 Å². The third kappa shape index (κ3) is 4.48. The van der Waals surface area contributed by atoms with Gasteiger partial charge in [-0.15, -0.1) is 0 Å². The number of amides is 1. The second kappa shape index (κ2) is 6.77. The van der Waals surface area contributed by atoms with Gasteiger partial charge in [0.2, 0.25) is 5.91 Å². The fourth-order valence-corrected chi connectivity index (χ4v) is 2.82. The SMILES string of the molecule is O=C(Cc1ccsc1)NCC1CCCCCN1. The normalized spacial score (nSPS) is 20.8. The van der Waals surface area contributed by atoms with Crippen molar-refractivity contribution in [3.63, 3.8) is 0 Å². The third-order valence-electron chi connectivity index (χ3n) is 3.15. The maximum Gasteiger partial charge on any atom is 0.224 e. The Hall–Kier alpha value is -0.870. The molecular formula is C13H20N2OS. The van der Waals surface area contributed by atoms with Crippen molar-refractivity contribution < 1.29 is 4.79 Å². The number of hydrogen-bond acceptors (Lipinski definition) is 3. The lowest BCUT2D eigenvalue weighted by Crippen LogP contribution is -2.40. The van der Waals surface area contributed by atoms with Crippen LogP contribution in [-0.4, -0.2) is 25.0 Å². The highest BCUT2D eigenvalue weighted by Gasteiger charge is 2.12. The van der Waals surface area contributed by atoms with E-state index in [0.29, 0.717) is 12.5 Å². The molecule has 2 rings (SSSR count). The van der Waals surface area contributed by atoms with Crippen LogP contribution in [0.5, 0.6) is 0 Å². The van der Waals surface area contributed by atoms with E-state index < -0.39 is 0 Å². The summed E-state index contributed by atoms with van der Waals surface area (Å²) < 4.78 is 0. The largest absolute Gasteiger partial charge is 0.354 e. The molecule has 1 aromatic rings. The second-order valence-corrected chi connectivity index (χ2v) is 5.39. The van der Waals surface area contributed by atoms with E-state index in [-0.39, 0.29) is 5.91 Å². The van der Waals surface area contributed by atoms with Crippen LogP contribution < -0.4 is 10.6 Å². The first-order chi connectivity index (χ1) is 8.34. The Morgan fingerprint density at radius 2 is 2.41 bits per heavy atom. The van der Waals surface area contributed by atoms with Crippen molar-refractivity contribution >= 4 is 17.2 Å². The van der Waals surface area contributed by atoms with Gasteiger partial charge in [-0.2, -0.15) is 11.3 Å². The Morgan fingerprint density at radius 3 is 3.24 bits per heavy atom. The van der Waals surface area contributed by atoms with Gasteiger partial charge in [0.25, 0.3) is 0 Å². The second-order valence-electron chi connectivity index (χ2n) is 4.61. The molecule has 1 unspecified atom stereocenters. The van der Waals surface area contributed by atoms with Crippen molar-refractivity contribution in [3.05, 3.63) is 22.4 Å². The topological polar surface area (TPSA) is 41.1 Å². The molecule has 1 aromatic heterocycles. The maximum atomic E-state index is 11.7. The summed E-state index contributed by atoms with van der Waals surface area (Å²) in [6.07, 6.45) is 5.54. The van der Waals surface area contributed by atoms with E-state index in [0.717, 1.165) is 18.7 Å². The van der Waals surface area contributed by atoms with Gasteiger partial charge in [0.15, 0.2) is 0 Å². The van der Waals surface area contributed by atoms with Gasteiger partial charge in [-0.1, -0.05) is 12.8 Å². The minimum atomic E-state index is 0.134. The van der Waals surface area contributed by atoms with Crippen molar-refractivity contribution in [1.82, 2.24) is 10.6 Å². The first-order valence-corrected chi connectivity index (χ1v) is 7.30. The van der Waals surface area contributed by atoms with Crippen LogP contribution in [0.1, 0.15) is 31.2 Å². The van der Waals surface area contributed by atoms with Crippen molar-refractivity contribution in [2.45, 2.75) is 38.1 Å². The highest BCUT2D eigenvalue weighted by Crippen LogP contribution is 2.08. The summed E-state index contributed by atoms with van der Waals surface area (Å²) in [5.41, 5.74) is 1.11. The van der Waals surface area contributed by atoms with E-state index in [9.17, 15) is 4.79 Å². The van der Waals surface area contributed by atoms with Gasteiger partial charge in [-0.25, -0.2) is 0 Å². The Labute approximate surface area is 107 Å². The average Bonchev–Trinajstić information content (AvgIpc) is 2.68. The molecule has 1 atom stereocenters. The molecular weight excluding hydrogens is 232 g/mol. The number of carbonyl (C=O) groups is 1. The Bertz CT molecular complexity index is 329. The molecule has 2 N–H and O–H groups in total. The molecule has 2 heterocycles. The molecule has 0 aromatic carbocycles. The maximum absolute atomic E-state index is 11.7. The minimum absolute atomic E-state index is 0.134. The number of thiophene rings is 1. The van der Waals surface area contributed by atoms with E-state index in [2.05, 4.69) is 10.6 Å². The van der Waals surface area contributed by atoms with Crippen molar-refractivity contribution in [3.8, 4) is 0 Å². The van der Waals surface area contributed by atoms with Crippen molar-refractivity contribution in [2.24, 2.45) is 0 Å². The highest BCUT2D eigenvalue weighted by molar-refractivity contribution is 7.07. The first-order valence-electron chi connectivity index (χ1n) is 6.36. The zero-order chi connectivity index (χ0) is 11.9. The average molecular weight is 252 g/mol. The third-order valence-corrected chi connectivity index (χ3v) is 3.88. The molecule has 0 radical (unpaired) electrons. The molecule has 1 fully saturated rings. The predicted octanol–water partition coefficient (Wildman–Crippen LogP) is 1.94. The zero-order valence-corrected chi connectivity index (χ0v) is 10.9. The van der Waals surface area contributed by atoms with Gasteiger partial charge < -0.3 is 10.6 Å². The van der Waals surface area contributed by atoms with Crippen LogP contribution in [0.2, 0.25) is 0 Å². The lowest BCUT2D eigenvalue weighted by atomic mass is 10.1. The van der Waals surface area contributed by atoms with Crippen LogP contribution in [-0.2, 0) is 11.2 Å². The fourth-order valence-electron chi connectivity index (χ4n) is 2.15. The van der Waals surface area contributed by atoms with Gasteiger partial charge >= 0.3 is 0 Å². The summed E-state index contributed by atoms with van der Waals surface area (Å²) in [4.78, 5) is 11.7. The minimum Gasteiger partial charge on any atom is -0.354 e. The fraction of sp³-hybridized carbons (Fsp3) is 0.615. The summed E-state index contributed by atoms with van der Waals surface area (Å²) in [6, 6.07) is 2.47. The molecule has 1 amide bonds. The molecule has 0 saturated carbocycles. The number of nitrogens with one attached hydrogen (secondary N) is 2. The highest BCUT2D eigenvalue weighted by atomic mass is 32.1. The van der Waals surface area contributed by atoms with E-state index >= 15 is 0 Å². The molecule has 1 aliphatic rings. The molecule has 1 saturated heterocycles. The van der Waals surface area contributed by atoms with Crippen LogP contribution in [0.15, 0.2) is 16.8 Å². The summed E-state index contributed by atoms with van der Waals surface area (Å²) in [7, 11) is 0. The van der Waals surface area contributed by atoms with Crippen molar-refractivity contribution in [2.75, 3.05) is 13.1 Å². The molecule has 0 spiro atoms. The molecule has 4 heteroatoms. The smallest absolute Gasteiger partial charge is 0.224 e. The van der Waals surface area contributed by atoms with Crippen LogP contribution in [0, 0.1) is 0 Å². The molecule has 0 aliphatic carbocycles. The molecule has 3 nitrogen and oxygen atoms in total. The standard InChI is InChI=1S/C13H20N2OS/c16-13(8-11-5-7-17-10-11)15-9-12-4-2-1-3-6-14-12/h5,7,10,12,14H,1-4,6,8-9H2,(H,15,16). The molecule has 1 aliphatic heterocycles.